The normalized spacial score (nSPS) is 12.4. The Morgan fingerprint density at radius 2 is 1.95 bits per heavy atom. The van der Waals surface area contributed by atoms with Crippen LogP contribution in [0.1, 0.15) is 17.2 Å². The van der Waals surface area contributed by atoms with Gasteiger partial charge in [-0.15, -0.1) is 0 Å². The molecule has 0 spiro atoms. The average Bonchev–Trinajstić information content (AvgIpc) is 2.40. The summed E-state index contributed by atoms with van der Waals surface area (Å²) in [4.78, 5) is 0. The van der Waals surface area contributed by atoms with Crippen LogP contribution in [0.3, 0.4) is 0 Å². The molecule has 2 nitrogen and oxygen atoms in total. The van der Waals surface area contributed by atoms with Gasteiger partial charge in [-0.1, -0.05) is 35.9 Å². The molecule has 0 bridgehead atoms. The summed E-state index contributed by atoms with van der Waals surface area (Å²) in [6.45, 7) is 0. The maximum absolute atomic E-state index is 13.8. The van der Waals surface area contributed by atoms with E-state index in [1.54, 1.807) is 12.1 Å². The van der Waals surface area contributed by atoms with Crippen molar-refractivity contribution in [2.24, 2.45) is 5.84 Å². The quantitative estimate of drug-likeness (QED) is 0.473. The lowest BCUT2D eigenvalue weighted by atomic mass is 9.99. The van der Waals surface area contributed by atoms with Crippen molar-refractivity contribution >= 4 is 34.2 Å². The highest BCUT2D eigenvalue weighted by atomic mass is 127. The standard InChI is InChI=1S/C14H13ClFIN2/c15-11-5-3-6-12(16)10(11)8-14(19-18)9-4-1-2-7-13(9)17/h1-7,14,19H,8,18H2. The molecule has 0 aliphatic carbocycles. The number of nitrogens with one attached hydrogen (secondary N) is 1. The molecule has 2 rings (SSSR count). The Morgan fingerprint density at radius 3 is 2.58 bits per heavy atom. The van der Waals surface area contributed by atoms with Gasteiger partial charge in [-0.3, -0.25) is 11.3 Å². The zero-order valence-corrected chi connectivity index (χ0v) is 13.0. The molecule has 3 N–H and O–H groups in total. The van der Waals surface area contributed by atoms with Crippen LogP contribution in [-0.4, -0.2) is 0 Å². The predicted molar refractivity (Wildman–Crippen MR) is 84.3 cm³/mol. The summed E-state index contributed by atoms with van der Waals surface area (Å²) < 4.78 is 14.9. The number of nitrogens with two attached hydrogens (primary N) is 1. The first-order chi connectivity index (χ1) is 9.13. The number of hydrazine groups is 1. The molecule has 2 aromatic carbocycles. The largest absolute Gasteiger partial charge is 0.271 e. The van der Waals surface area contributed by atoms with Crippen LogP contribution in [0.25, 0.3) is 0 Å². The molecule has 0 heterocycles. The van der Waals surface area contributed by atoms with E-state index in [1.165, 1.54) is 6.07 Å². The molecule has 0 saturated carbocycles. The molecule has 0 aromatic heterocycles. The Labute approximate surface area is 130 Å². The Kier molecular flexibility index (Phi) is 5.15. The van der Waals surface area contributed by atoms with E-state index in [4.69, 9.17) is 17.4 Å². The van der Waals surface area contributed by atoms with Crippen molar-refractivity contribution in [2.45, 2.75) is 12.5 Å². The lowest BCUT2D eigenvalue weighted by molar-refractivity contribution is 0.527. The van der Waals surface area contributed by atoms with Crippen molar-refractivity contribution in [3.63, 3.8) is 0 Å². The molecule has 0 aliphatic rings. The third kappa shape index (κ3) is 3.45. The van der Waals surface area contributed by atoms with Gasteiger partial charge in [0.2, 0.25) is 0 Å². The Balaban J connectivity index is 2.32. The van der Waals surface area contributed by atoms with Gasteiger partial charge >= 0.3 is 0 Å². The fourth-order valence-corrected chi connectivity index (χ4v) is 2.95. The van der Waals surface area contributed by atoms with E-state index in [0.717, 1.165) is 9.13 Å². The molecule has 5 heteroatoms. The zero-order chi connectivity index (χ0) is 13.8. The van der Waals surface area contributed by atoms with Gasteiger partial charge in [0, 0.05) is 14.2 Å². The third-order valence-corrected chi connectivity index (χ3v) is 4.29. The van der Waals surface area contributed by atoms with Crippen LogP contribution < -0.4 is 11.3 Å². The molecule has 0 fully saturated rings. The minimum atomic E-state index is -0.307. The second-order valence-corrected chi connectivity index (χ2v) is 5.71. The Bertz CT molecular complexity index is 557. The van der Waals surface area contributed by atoms with Crippen molar-refractivity contribution in [3.05, 3.63) is 68.0 Å². The van der Waals surface area contributed by atoms with Crippen LogP contribution in [0, 0.1) is 9.39 Å². The number of rotatable bonds is 4. The van der Waals surface area contributed by atoms with Crippen LogP contribution in [0.5, 0.6) is 0 Å². The number of halogens is 3. The van der Waals surface area contributed by atoms with Crippen molar-refractivity contribution < 1.29 is 4.39 Å². The molecule has 1 unspecified atom stereocenters. The lowest BCUT2D eigenvalue weighted by Gasteiger charge is -2.19. The molecule has 0 radical (unpaired) electrons. The molecule has 0 saturated heterocycles. The molecular weight excluding hydrogens is 378 g/mol. The van der Waals surface area contributed by atoms with Crippen LogP contribution in [0.15, 0.2) is 42.5 Å². The highest BCUT2D eigenvalue weighted by Gasteiger charge is 2.17. The molecule has 1 atom stereocenters. The first-order valence-electron chi connectivity index (χ1n) is 5.77. The lowest BCUT2D eigenvalue weighted by Crippen LogP contribution is -2.30. The maximum Gasteiger partial charge on any atom is 0.127 e. The molecule has 0 amide bonds. The summed E-state index contributed by atoms with van der Waals surface area (Å²) in [6, 6.07) is 12.4. The van der Waals surface area contributed by atoms with E-state index in [-0.39, 0.29) is 11.9 Å². The summed E-state index contributed by atoms with van der Waals surface area (Å²) in [5, 5.41) is 0.422. The predicted octanol–water partition coefficient (Wildman–Crippen LogP) is 3.83. The summed E-state index contributed by atoms with van der Waals surface area (Å²) >= 11 is 8.28. The average molecular weight is 391 g/mol. The van der Waals surface area contributed by atoms with Crippen LogP contribution in [0.2, 0.25) is 5.02 Å². The van der Waals surface area contributed by atoms with E-state index in [1.807, 2.05) is 24.3 Å². The zero-order valence-electron chi connectivity index (χ0n) is 10.0. The molecule has 0 aliphatic heterocycles. The fourth-order valence-electron chi connectivity index (χ4n) is 1.95. The third-order valence-electron chi connectivity index (χ3n) is 2.95. The summed E-state index contributed by atoms with van der Waals surface area (Å²) in [5.74, 6) is 5.30. The summed E-state index contributed by atoms with van der Waals surface area (Å²) in [7, 11) is 0. The van der Waals surface area contributed by atoms with Crippen molar-refractivity contribution in [2.75, 3.05) is 0 Å². The fraction of sp³-hybridized carbons (Fsp3) is 0.143. The van der Waals surface area contributed by atoms with Gasteiger partial charge in [0.25, 0.3) is 0 Å². The van der Waals surface area contributed by atoms with Crippen LogP contribution in [0.4, 0.5) is 4.39 Å². The van der Waals surface area contributed by atoms with Gasteiger partial charge < -0.3 is 0 Å². The van der Waals surface area contributed by atoms with Gasteiger partial charge in [0.05, 0.1) is 6.04 Å². The molecule has 19 heavy (non-hydrogen) atoms. The van der Waals surface area contributed by atoms with E-state index >= 15 is 0 Å². The SMILES string of the molecule is NNC(Cc1c(F)cccc1Cl)c1ccccc1I. The minimum absolute atomic E-state index is 0.178. The van der Waals surface area contributed by atoms with E-state index < -0.39 is 0 Å². The second-order valence-electron chi connectivity index (χ2n) is 4.15. The van der Waals surface area contributed by atoms with Crippen LogP contribution >= 0.6 is 34.2 Å². The van der Waals surface area contributed by atoms with E-state index in [0.29, 0.717) is 17.0 Å². The van der Waals surface area contributed by atoms with Crippen molar-refractivity contribution in [1.82, 2.24) is 5.43 Å². The molecule has 100 valence electrons. The van der Waals surface area contributed by atoms with E-state index in [2.05, 4.69) is 28.0 Å². The topological polar surface area (TPSA) is 38.0 Å². The first-order valence-corrected chi connectivity index (χ1v) is 7.22. The molecular formula is C14H13ClFIN2. The van der Waals surface area contributed by atoms with Gasteiger partial charge in [0.1, 0.15) is 5.82 Å². The monoisotopic (exact) mass is 390 g/mol. The van der Waals surface area contributed by atoms with Gasteiger partial charge in [-0.2, -0.15) is 0 Å². The van der Waals surface area contributed by atoms with Gasteiger partial charge in [0.15, 0.2) is 0 Å². The number of benzene rings is 2. The van der Waals surface area contributed by atoms with Crippen LogP contribution in [-0.2, 0) is 6.42 Å². The number of hydrogen-bond donors (Lipinski definition) is 2. The Hall–Kier alpha value is -0.690. The second kappa shape index (κ2) is 6.65. The van der Waals surface area contributed by atoms with Gasteiger partial charge in [-0.25, -0.2) is 4.39 Å². The first kappa shape index (κ1) is 14.7. The van der Waals surface area contributed by atoms with Crippen molar-refractivity contribution in [3.8, 4) is 0 Å². The Morgan fingerprint density at radius 1 is 1.21 bits per heavy atom. The summed E-state index contributed by atoms with van der Waals surface area (Å²) in [6.07, 6.45) is 0.405. The highest BCUT2D eigenvalue weighted by molar-refractivity contribution is 14.1. The van der Waals surface area contributed by atoms with Crippen molar-refractivity contribution in [1.29, 1.82) is 0 Å². The molecule has 2 aromatic rings. The maximum atomic E-state index is 13.8. The summed E-state index contributed by atoms with van der Waals surface area (Å²) in [5.41, 5.74) is 4.24. The minimum Gasteiger partial charge on any atom is -0.271 e. The number of hydrogen-bond acceptors (Lipinski definition) is 2. The highest BCUT2D eigenvalue weighted by Crippen LogP contribution is 2.27. The van der Waals surface area contributed by atoms with Gasteiger partial charge in [-0.05, 0) is 52.8 Å². The smallest absolute Gasteiger partial charge is 0.127 e. The van der Waals surface area contributed by atoms with E-state index in [9.17, 15) is 4.39 Å².